The fourth-order valence-electron chi connectivity index (χ4n) is 1.45. The number of allylic oxidation sites excluding steroid dienone is 5. The van der Waals surface area contributed by atoms with Crippen LogP contribution in [0.5, 0.6) is 0 Å². The van der Waals surface area contributed by atoms with Gasteiger partial charge in [0.15, 0.2) is 0 Å². The zero-order chi connectivity index (χ0) is 8.10. The minimum Gasteiger partial charge on any atom is -0.103 e. The van der Waals surface area contributed by atoms with Gasteiger partial charge in [-0.1, -0.05) is 37.3 Å². The molecule has 1 rings (SSSR count). The lowest BCUT2D eigenvalue weighted by atomic mass is 9.95. The highest BCUT2D eigenvalue weighted by Gasteiger charge is 2.15. The van der Waals surface area contributed by atoms with Crippen LogP contribution >= 0.6 is 0 Å². The molecule has 0 radical (unpaired) electrons. The fourth-order valence-corrected chi connectivity index (χ4v) is 1.45. The molecule has 1 aliphatic carbocycles. The molecule has 0 aromatic heterocycles. The molecule has 1 aliphatic rings. The lowest BCUT2D eigenvalue weighted by molar-refractivity contribution is 0.603. The molecule has 0 N–H and O–H groups in total. The Morgan fingerprint density at radius 2 is 2.45 bits per heavy atom. The van der Waals surface area contributed by atoms with E-state index < -0.39 is 0 Å². The average Bonchev–Trinajstić information content (AvgIpc) is 2.47. The van der Waals surface area contributed by atoms with Crippen LogP contribution in [0.2, 0.25) is 0 Å². The zero-order valence-corrected chi connectivity index (χ0v) is 7.16. The summed E-state index contributed by atoms with van der Waals surface area (Å²) >= 11 is 0. The van der Waals surface area contributed by atoms with Crippen molar-refractivity contribution in [2.24, 2.45) is 11.8 Å². The van der Waals surface area contributed by atoms with Crippen molar-refractivity contribution in [3.63, 3.8) is 0 Å². The van der Waals surface area contributed by atoms with Crippen LogP contribution in [0.4, 0.5) is 0 Å². The summed E-state index contributed by atoms with van der Waals surface area (Å²) in [6, 6.07) is 0. The summed E-state index contributed by atoms with van der Waals surface area (Å²) < 4.78 is 0. The maximum atomic E-state index is 3.83. The Morgan fingerprint density at radius 1 is 1.64 bits per heavy atom. The second-order valence-electron chi connectivity index (χ2n) is 2.98. The van der Waals surface area contributed by atoms with E-state index in [-0.39, 0.29) is 0 Å². The van der Waals surface area contributed by atoms with E-state index >= 15 is 0 Å². The van der Waals surface area contributed by atoms with E-state index in [9.17, 15) is 0 Å². The number of hydrogen-bond acceptors (Lipinski definition) is 0. The molecule has 0 aromatic rings. The SMILES string of the molecule is C=C[C@@H]1CC=C[C@@H]1/C=C/CC. The quantitative estimate of drug-likeness (QED) is 0.538. The summed E-state index contributed by atoms with van der Waals surface area (Å²) in [6.45, 7) is 5.99. The van der Waals surface area contributed by atoms with Crippen molar-refractivity contribution in [1.82, 2.24) is 0 Å². The van der Waals surface area contributed by atoms with Gasteiger partial charge >= 0.3 is 0 Å². The fraction of sp³-hybridized carbons (Fsp3) is 0.455. The van der Waals surface area contributed by atoms with Crippen LogP contribution in [0.15, 0.2) is 37.0 Å². The van der Waals surface area contributed by atoms with E-state index in [4.69, 9.17) is 0 Å². The van der Waals surface area contributed by atoms with Gasteiger partial charge in [0, 0.05) is 5.92 Å². The topological polar surface area (TPSA) is 0 Å². The third kappa shape index (κ3) is 2.07. The van der Waals surface area contributed by atoms with Gasteiger partial charge in [0.25, 0.3) is 0 Å². The van der Waals surface area contributed by atoms with Gasteiger partial charge in [-0.15, -0.1) is 6.58 Å². The van der Waals surface area contributed by atoms with Crippen LogP contribution in [0.3, 0.4) is 0 Å². The Morgan fingerprint density at radius 3 is 3.09 bits per heavy atom. The van der Waals surface area contributed by atoms with E-state index in [2.05, 4.69) is 43.9 Å². The van der Waals surface area contributed by atoms with Crippen molar-refractivity contribution in [2.75, 3.05) is 0 Å². The van der Waals surface area contributed by atoms with Gasteiger partial charge in [-0.2, -0.15) is 0 Å². The first-order chi connectivity index (χ1) is 5.38. The van der Waals surface area contributed by atoms with Crippen LogP contribution in [0, 0.1) is 11.8 Å². The number of rotatable bonds is 3. The summed E-state index contributed by atoms with van der Waals surface area (Å²) in [7, 11) is 0. The van der Waals surface area contributed by atoms with Gasteiger partial charge in [0.1, 0.15) is 0 Å². The van der Waals surface area contributed by atoms with E-state index in [0.29, 0.717) is 11.8 Å². The van der Waals surface area contributed by atoms with Gasteiger partial charge in [0.05, 0.1) is 0 Å². The van der Waals surface area contributed by atoms with Crippen LogP contribution in [0.1, 0.15) is 19.8 Å². The summed E-state index contributed by atoms with van der Waals surface area (Å²) in [6.07, 6.45) is 13.4. The molecule has 0 spiro atoms. The second kappa shape index (κ2) is 4.17. The zero-order valence-electron chi connectivity index (χ0n) is 7.16. The number of hydrogen-bond donors (Lipinski definition) is 0. The lowest BCUT2D eigenvalue weighted by Gasteiger charge is -2.09. The minimum absolute atomic E-state index is 0.618. The maximum absolute atomic E-state index is 3.83. The largest absolute Gasteiger partial charge is 0.103 e. The standard InChI is InChI=1S/C11H16/c1-3-5-7-11-9-6-8-10(11)4-2/h4-7,9-11H,2-3,8H2,1H3/b7-5+/t10-,11+/m1/s1. The minimum atomic E-state index is 0.618. The van der Waals surface area contributed by atoms with E-state index in [1.807, 2.05) is 0 Å². The van der Waals surface area contributed by atoms with Gasteiger partial charge < -0.3 is 0 Å². The smallest absolute Gasteiger partial charge is 0.00122 e. The molecule has 2 atom stereocenters. The third-order valence-electron chi connectivity index (χ3n) is 2.16. The van der Waals surface area contributed by atoms with Crippen LogP contribution in [-0.2, 0) is 0 Å². The van der Waals surface area contributed by atoms with Crippen molar-refractivity contribution in [1.29, 1.82) is 0 Å². The first-order valence-corrected chi connectivity index (χ1v) is 4.34. The molecule has 0 fully saturated rings. The molecule has 0 heterocycles. The van der Waals surface area contributed by atoms with Gasteiger partial charge in [-0.25, -0.2) is 0 Å². The highest BCUT2D eigenvalue weighted by molar-refractivity contribution is 5.13. The summed E-state index contributed by atoms with van der Waals surface area (Å²) in [5.74, 6) is 1.27. The molecule has 0 saturated heterocycles. The van der Waals surface area contributed by atoms with Crippen LogP contribution in [0.25, 0.3) is 0 Å². The van der Waals surface area contributed by atoms with Crippen molar-refractivity contribution in [2.45, 2.75) is 19.8 Å². The first-order valence-electron chi connectivity index (χ1n) is 4.34. The van der Waals surface area contributed by atoms with Crippen molar-refractivity contribution < 1.29 is 0 Å². The Labute approximate surface area is 69.3 Å². The highest BCUT2D eigenvalue weighted by Crippen LogP contribution is 2.26. The molecule has 0 aromatic carbocycles. The Hall–Kier alpha value is -0.780. The molecule has 0 aliphatic heterocycles. The molecule has 0 nitrogen and oxygen atoms in total. The summed E-state index contributed by atoms with van der Waals surface area (Å²) in [5, 5.41) is 0. The van der Waals surface area contributed by atoms with Gasteiger partial charge in [0.2, 0.25) is 0 Å². The van der Waals surface area contributed by atoms with E-state index in [1.54, 1.807) is 0 Å². The molecule has 0 saturated carbocycles. The summed E-state index contributed by atoms with van der Waals surface area (Å²) in [4.78, 5) is 0. The van der Waals surface area contributed by atoms with Crippen molar-refractivity contribution >= 4 is 0 Å². The Balaban J connectivity index is 2.49. The van der Waals surface area contributed by atoms with E-state index in [0.717, 1.165) is 6.42 Å². The van der Waals surface area contributed by atoms with Crippen LogP contribution in [-0.4, -0.2) is 0 Å². The Kier molecular flexibility index (Phi) is 3.15. The molecular weight excluding hydrogens is 132 g/mol. The molecule has 0 amide bonds. The lowest BCUT2D eigenvalue weighted by Crippen LogP contribution is -2.00. The van der Waals surface area contributed by atoms with Gasteiger partial charge in [-0.3, -0.25) is 0 Å². The molecule has 0 bridgehead atoms. The highest BCUT2D eigenvalue weighted by atomic mass is 14.2. The molecule has 60 valence electrons. The Bertz CT molecular complexity index is 174. The molecular formula is C11H16. The van der Waals surface area contributed by atoms with Crippen LogP contribution < -0.4 is 0 Å². The molecule has 0 unspecified atom stereocenters. The first kappa shape index (κ1) is 8.32. The maximum Gasteiger partial charge on any atom is 0.00122 e. The van der Waals surface area contributed by atoms with Crippen molar-refractivity contribution in [3.05, 3.63) is 37.0 Å². The molecule has 0 heteroatoms. The second-order valence-corrected chi connectivity index (χ2v) is 2.98. The monoisotopic (exact) mass is 148 g/mol. The average molecular weight is 148 g/mol. The molecule has 11 heavy (non-hydrogen) atoms. The third-order valence-corrected chi connectivity index (χ3v) is 2.16. The normalized spacial score (nSPS) is 29.9. The van der Waals surface area contributed by atoms with Crippen molar-refractivity contribution in [3.8, 4) is 0 Å². The predicted octanol–water partition coefficient (Wildman–Crippen LogP) is 3.33. The van der Waals surface area contributed by atoms with E-state index in [1.165, 1.54) is 6.42 Å². The summed E-state index contributed by atoms with van der Waals surface area (Å²) in [5.41, 5.74) is 0. The predicted molar refractivity (Wildman–Crippen MR) is 50.4 cm³/mol. The van der Waals surface area contributed by atoms with Gasteiger partial charge in [-0.05, 0) is 18.8 Å².